The highest BCUT2D eigenvalue weighted by atomic mass is 79.9. The number of halogens is 1. The summed E-state index contributed by atoms with van der Waals surface area (Å²) < 4.78 is 6.65. The van der Waals surface area contributed by atoms with Crippen molar-refractivity contribution in [3.63, 3.8) is 0 Å². The van der Waals surface area contributed by atoms with Gasteiger partial charge in [-0.2, -0.15) is 0 Å². The van der Waals surface area contributed by atoms with Crippen molar-refractivity contribution in [3.05, 3.63) is 53.0 Å². The molecule has 0 atom stereocenters. The van der Waals surface area contributed by atoms with Crippen molar-refractivity contribution in [2.75, 3.05) is 0 Å². The Bertz CT molecular complexity index is 631. The fourth-order valence-corrected chi connectivity index (χ4v) is 2.06. The van der Waals surface area contributed by atoms with Crippen molar-refractivity contribution in [2.24, 2.45) is 0 Å². The van der Waals surface area contributed by atoms with Crippen LogP contribution in [0.25, 0.3) is 22.6 Å². The van der Waals surface area contributed by atoms with E-state index >= 15 is 0 Å². The number of nitrogens with zero attached hydrogens (tertiary/aromatic N) is 1. The Balaban J connectivity index is 2.23. The summed E-state index contributed by atoms with van der Waals surface area (Å²) in [6, 6.07) is 15.7. The molecule has 0 unspecified atom stereocenters. The maximum absolute atomic E-state index is 5.69. The molecule has 0 aliphatic rings. The number of fused-ring (bicyclic) bond motifs is 1. The average molecular weight is 274 g/mol. The lowest BCUT2D eigenvalue weighted by molar-refractivity contribution is 0.620. The second kappa shape index (κ2) is 3.76. The normalized spacial score (nSPS) is 10.8. The van der Waals surface area contributed by atoms with Crippen molar-refractivity contribution in [1.82, 2.24) is 4.98 Å². The highest BCUT2D eigenvalue weighted by Crippen LogP contribution is 2.28. The third kappa shape index (κ3) is 1.53. The van der Waals surface area contributed by atoms with Crippen molar-refractivity contribution in [2.45, 2.75) is 0 Å². The molecule has 3 heteroatoms. The van der Waals surface area contributed by atoms with Gasteiger partial charge in [-0.05, 0) is 40.2 Å². The van der Waals surface area contributed by atoms with Gasteiger partial charge in [-0.1, -0.05) is 24.3 Å². The molecule has 0 aliphatic carbocycles. The second-order valence-corrected chi connectivity index (χ2v) is 4.33. The van der Waals surface area contributed by atoms with E-state index in [2.05, 4.69) is 20.9 Å². The molecule has 0 fully saturated rings. The predicted molar refractivity (Wildman–Crippen MR) is 67.1 cm³/mol. The molecule has 3 aromatic rings. The molecule has 2 nitrogen and oxygen atoms in total. The van der Waals surface area contributed by atoms with Crippen molar-refractivity contribution in [3.8, 4) is 11.5 Å². The fourth-order valence-electron chi connectivity index (χ4n) is 1.62. The molecule has 1 heterocycles. The van der Waals surface area contributed by atoms with Crippen LogP contribution in [-0.4, -0.2) is 4.98 Å². The summed E-state index contributed by atoms with van der Waals surface area (Å²) >= 11 is 3.46. The number of hydrogen-bond acceptors (Lipinski definition) is 2. The van der Waals surface area contributed by atoms with Crippen LogP contribution in [0.4, 0.5) is 0 Å². The molecule has 0 spiro atoms. The molecule has 0 bridgehead atoms. The molecule has 0 N–H and O–H groups in total. The minimum atomic E-state index is 0.655. The molecule has 16 heavy (non-hydrogen) atoms. The smallest absolute Gasteiger partial charge is 0.227 e. The Labute approximate surface area is 101 Å². The molecule has 0 aliphatic heterocycles. The van der Waals surface area contributed by atoms with Gasteiger partial charge in [0.2, 0.25) is 5.89 Å². The van der Waals surface area contributed by atoms with Crippen LogP contribution in [0.15, 0.2) is 57.4 Å². The predicted octanol–water partition coefficient (Wildman–Crippen LogP) is 4.26. The van der Waals surface area contributed by atoms with E-state index in [0.717, 1.165) is 21.1 Å². The van der Waals surface area contributed by atoms with Crippen molar-refractivity contribution < 1.29 is 4.42 Å². The standard InChI is InChI=1S/C13H8BrNO/c14-10-7-4-8-11-12(10)15-13(16-11)9-5-2-1-3-6-9/h1-8H. The van der Waals surface area contributed by atoms with Crippen LogP contribution in [-0.2, 0) is 0 Å². The zero-order valence-corrected chi connectivity index (χ0v) is 9.94. The maximum Gasteiger partial charge on any atom is 0.227 e. The molecule has 0 radical (unpaired) electrons. The van der Waals surface area contributed by atoms with Crippen LogP contribution in [0.2, 0.25) is 0 Å². The fraction of sp³-hybridized carbons (Fsp3) is 0. The van der Waals surface area contributed by atoms with Crippen molar-refractivity contribution >= 4 is 27.0 Å². The zero-order valence-electron chi connectivity index (χ0n) is 8.35. The number of benzene rings is 2. The molecular formula is C13H8BrNO. The number of hydrogen-bond donors (Lipinski definition) is 0. The second-order valence-electron chi connectivity index (χ2n) is 3.47. The summed E-state index contributed by atoms with van der Waals surface area (Å²) in [6.45, 7) is 0. The summed E-state index contributed by atoms with van der Waals surface area (Å²) in [5, 5.41) is 0. The largest absolute Gasteiger partial charge is 0.436 e. The molecule has 1 aromatic heterocycles. The molecular weight excluding hydrogens is 266 g/mol. The van der Waals surface area contributed by atoms with Crippen LogP contribution in [0.3, 0.4) is 0 Å². The molecule has 78 valence electrons. The Morgan fingerprint density at radius 1 is 0.938 bits per heavy atom. The number of oxazole rings is 1. The third-order valence-electron chi connectivity index (χ3n) is 2.39. The minimum absolute atomic E-state index is 0.655. The first-order valence-electron chi connectivity index (χ1n) is 4.95. The third-order valence-corrected chi connectivity index (χ3v) is 3.03. The van der Waals surface area contributed by atoms with E-state index in [1.54, 1.807) is 0 Å². The Kier molecular flexibility index (Phi) is 2.26. The highest BCUT2D eigenvalue weighted by Gasteiger charge is 2.09. The molecule has 2 aromatic carbocycles. The lowest BCUT2D eigenvalue weighted by Crippen LogP contribution is -1.75. The minimum Gasteiger partial charge on any atom is -0.436 e. The quantitative estimate of drug-likeness (QED) is 0.662. The van der Waals surface area contributed by atoms with Gasteiger partial charge < -0.3 is 4.42 Å². The number of para-hydroxylation sites is 1. The maximum atomic E-state index is 5.69. The summed E-state index contributed by atoms with van der Waals surface area (Å²) in [5.74, 6) is 0.655. The van der Waals surface area contributed by atoms with E-state index in [0.29, 0.717) is 5.89 Å². The number of aromatic nitrogens is 1. The Morgan fingerprint density at radius 3 is 2.50 bits per heavy atom. The molecule has 0 amide bonds. The van der Waals surface area contributed by atoms with Crippen LogP contribution >= 0.6 is 15.9 Å². The lowest BCUT2D eigenvalue weighted by atomic mass is 10.2. The molecule has 0 saturated carbocycles. The van der Waals surface area contributed by atoms with Crippen molar-refractivity contribution in [1.29, 1.82) is 0 Å². The first-order chi connectivity index (χ1) is 7.84. The van der Waals surface area contributed by atoms with Crippen LogP contribution in [0.5, 0.6) is 0 Å². The van der Waals surface area contributed by atoms with Gasteiger partial charge in [0.05, 0.1) is 0 Å². The van der Waals surface area contributed by atoms with E-state index in [1.165, 1.54) is 0 Å². The monoisotopic (exact) mass is 273 g/mol. The molecule has 3 rings (SSSR count). The summed E-state index contributed by atoms with van der Waals surface area (Å²) in [4.78, 5) is 4.47. The van der Waals surface area contributed by atoms with Gasteiger partial charge >= 0.3 is 0 Å². The van der Waals surface area contributed by atoms with Crippen LogP contribution in [0, 0.1) is 0 Å². The van der Waals surface area contributed by atoms with Gasteiger partial charge in [-0.25, -0.2) is 4.98 Å². The van der Waals surface area contributed by atoms with Gasteiger partial charge in [-0.3, -0.25) is 0 Å². The summed E-state index contributed by atoms with van der Waals surface area (Å²) in [5.41, 5.74) is 2.65. The summed E-state index contributed by atoms with van der Waals surface area (Å²) in [6.07, 6.45) is 0. The SMILES string of the molecule is Brc1cccc2oc(-c3ccccc3)nc12. The first-order valence-corrected chi connectivity index (χ1v) is 5.74. The zero-order chi connectivity index (χ0) is 11.0. The Morgan fingerprint density at radius 2 is 1.75 bits per heavy atom. The van der Waals surface area contributed by atoms with E-state index in [-0.39, 0.29) is 0 Å². The lowest BCUT2D eigenvalue weighted by Gasteiger charge is -1.91. The van der Waals surface area contributed by atoms with E-state index in [1.807, 2.05) is 48.5 Å². The summed E-state index contributed by atoms with van der Waals surface area (Å²) in [7, 11) is 0. The topological polar surface area (TPSA) is 26.0 Å². The van der Waals surface area contributed by atoms with Crippen LogP contribution < -0.4 is 0 Å². The van der Waals surface area contributed by atoms with Gasteiger partial charge in [0.15, 0.2) is 5.58 Å². The van der Waals surface area contributed by atoms with E-state index in [9.17, 15) is 0 Å². The number of rotatable bonds is 1. The highest BCUT2D eigenvalue weighted by molar-refractivity contribution is 9.10. The Hall–Kier alpha value is -1.61. The van der Waals surface area contributed by atoms with Gasteiger partial charge in [0.1, 0.15) is 5.52 Å². The van der Waals surface area contributed by atoms with E-state index < -0.39 is 0 Å². The first kappa shape index (κ1) is 9.60. The van der Waals surface area contributed by atoms with Gasteiger partial charge in [0.25, 0.3) is 0 Å². The van der Waals surface area contributed by atoms with Crippen LogP contribution in [0.1, 0.15) is 0 Å². The van der Waals surface area contributed by atoms with Gasteiger partial charge in [0, 0.05) is 10.0 Å². The van der Waals surface area contributed by atoms with E-state index in [4.69, 9.17) is 4.42 Å². The van der Waals surface area contributed by atoms with Gasteiger partial charge in [-0.15, -0.1) is 0 Å². The average Bonchev–Trinajstić information content (AvgIpc) is 2.76. The molecule has 0 saturated heterocycles.